The van der Waals surface area contributed by atoms with Gasteiger partial charge in [-0.3, -0.25) is 0 Å². The SMILES string of the molecule is c1ccc(-c2nc(C[P+](c3ccccc3)(c3ccccc3)c3ccccc3)cs2)cc1. The first-order valence-corrected chi connectivity index (χ1v) is 13.3. The summed E-state index contributed by atoms with van der Waals surface area (Å²) >= 11 is 1.74. The molecule has 0 bridgehead atoms. The van der Waals surface area contributed by atoms with Crippen molar-refractivity contribution in [2.45, 2.75) is 6.16 Å². The zero-order chi connectivity index (χ0) is 20.9. The zero-order valence-electron chi connectivity index (χ0n) is 17.1. The van der Waals surface area contributed by atoms with E-state index in [4.69, 9.17) is 4.98 Å². The van der Waals surface area contributed by atoms with Crippen molar-refractivity contribution in [3.8, 4) is 10.6 Å². The van der Waals surface area contributed by atoms with Crippen LogP contribution in [0.25, 0.3) is 10.6 Å². The molecule has 0 saturated carbocycles. The van der Waals surface area contributed by atoms with Crippen molar-refractivity contribution < 1.29 is 0 Å². The Morgan fingerprint density at radius 1 is 0.548 bits per heavy atom. The Hall–Kier alpha value is -3.06. The first-order valence-electron chi connectivity index (χ1n) is 10.4. The second-order valence-corrected chi connectivity index (χ2v) is 11.8. The first kappa shape index (κ1) is 19.9. The predicted molar refractivity (Wildman–Crippen MR) is 136 cm³/mol. The van der Waals surface area contributed by atoms with Crippen LogP contribution in [0.15, 0.2) is 127 Å². The molecule has 0 radical (unpaired) electrons. The molecular weight excluding hydrogens is 413 g/mol. The summed E-state index contributed by atoms with van der Waals surface area (Å²) in [6, 6.07) is 43.5. The van der Waals surface area contributed by atoms with Crippen molar-refractivity contribution in [1.29, 1.82) is 0 Å². The fourth-order valence-corrected chi connectivity index (χ4v) is 9.19. The number of hydrogen-bond acceptors (Lipinski definition) is 2. The highest BCUT2D eigenvalue weighted by Crippen LogP contribution is 2.58. The minimum Gasteiger partial charge on any atom is -0.237 e. The lowest BCUT2D eigenvalue weighted by molar-refractivity contribution is 1.22. The third kappa shape index (κ3) is 3.97. The largest absolute Gasteiger partial charge is 0.237 e. The molecule has 4 aromatic carbocycles. The molecule has 150 valence electrons. The van der Waals surface area contributed by atoms with Crippen LogP contribution in [0, 0.1) is 0 Å². The van der Waals surface area contributed by atoms with Crippen LogP contribution in [0.4, 0.5) is 0 Å². The molecule has 0 aliphatic rings. The van der Waals surface area contributed by atoms with Crippen LogP contribution < -0.4 is 15.9 Å². The van der Waals surface area contributed by atoms with E-state index in [1.165, 1.54) is 21.5 Å². The van der Waals surface area contributed by atoms with Crippen LogP contribution in [0.5, 0.6) is 0 Å². The lowest BCUT2D eigenvalue weighted by Gasteiger charge is -2.27. The van der Waals surface area contributed by atoms with Crippen LogP contribution in [0.2, 0.25) is 0 Å². The lowest BCUT2D eigenvalue weighted by atomic mass is 10.2. The molecule has 1 heterocycles. The molecule has 0 fully saturated rings. The minimum absolute atomic E-state index is 0.911. The van der Waals surface area contributed by atoms with Crippen molar-refractivity contribution >= 4 is 34.5 Å². The Morgan fingerprint density at radius 2 is 0.968 bits per heavy atom. The summed E-state index contributed by atoms with van der Waals surface area (Å²) in [5, 5.41) is 7.50. The summed E-state index contributed by atoms with van der Waals surface area (Å²) in [6.07, 6.45) is 0.911. The second-order valence-electron chi connectivity index (χ2n) is 7.48. The highest BCUT2D eigenvalue weighted by Gasteiger charge is 2.46. The smallest absolute Gasteiger partial charge is 0.123 e. The van der Waals surface area contributed by atoms with Gasteiger partial charge in [0.2, 0.25) is 0 Å². The number of nitrogens with zero attached hydrogens (tertiary/aromatic N) is 1. The molecular formula is C28H23NPS+. The third-order valence-corrected chi connectivity index (χ3v) is 10.8. The van der Waals surface area contributed by atoms with Crippen LogP contribution in [-0.4, -0.2) is 4.98 Å². The van der Waals surface area contributed by atoms with E-state index in [0.717, 1.165) is 16.9 Å². The van der Waals surface area contributed by atoms with Crippen LogP contribution in [0.1, 0.15) is 5.69 Å². The molecule has 0 atom stereocenters. The predicted octanol–water partition coefficient (Wildman–Crippen LogP) is 6.30. The van der Waals surface area contributed by atoms with Crippen molar-refractivity contribution in [1.82, 2.24) is 4.98 Å². The fraction of sp³-hybridized carbons (Fsp3) is 0.0357. The van der Waals surface area contributed by atoms with Gasteiger partial charge < -0.3 is 0 Å². The van der Waals surface area contributed by atoms with Crippen LogP contribution in [0.3, 0.4) is 0 Å². The normalized spacial score (nSPS) is 11.4. The van der Waals surface area contributed by atoms with E-state index in [9.17, 15) is 0 Å². The van der Waals surface area contributed by atoms with Gasteiger partial charge in [-0.15, -0.1) is 11.3 Å². The zero-order valence-corrected chi connectivity index (χ0v) is 18.8. The molecule has 3 heteroatoms. The lowest BCUT2D eigenvalue weighted by Crippen LogP contribution is -2.32. The summed E-state index contributed by atoms with van der Waals surface area (Å²) < 4.78 is 0. The summed E-state index contributed by atoms with van der Waals surface area (Å²) in [5.74, 6) is 0. The Labute approximate surface area is 188 Å². The van der Waals surface area contributed by atoms with Gasteiger partial charge in [0.05, 0.1) is 5.69 Å². The number of hydrogen-bond donors (Lipinski definition) is 0. The Morgan fingerprint density at radius 3 is 1.42 bits per heavy atom. The monoisotopic (exact) mass is 436 g/mol. The molecule has 1 nitrogen and oxygen atoms in total. The fourth-order valence-electron chi connectivity index (χ4n) is 4.10. The summed E-state index contributed by atoms with van der Waals surface area (Å²) in [7, 11) is -1.91. The van der Waals surface area contributed by atoms with Gasteiger partial charge in [0.25, 0.3) is 0 Å². The molecule has 0 spiro atoms. The van der Waals surface area contributed by atoms with E-state index in [0.29, 0.717) is 0 Å². The van der Waals surface area contributed by atoms with Gasteiger partial charge in [-0.05, 0) is 36.4 Å². The van der Waals surface area contributed by atoms with Gasteiger partial charge in [0, 0.05) is 10.9 Å². The third-order valence-electron chi connectivity index (χ3n) is 5.56. The van der Waals surface area contributed by atoms with Gasteiger partial charge in [-0.1, -0.05) is 84.9 Å². The highest BCUT2D eigenvalue weighted by molar-refractivity contribution is 7.95. The molecule has 0 saturated heterocycles. The maximum absolute atomic E-state index is 5.09. The molecule has 0 aliphatic heterocycles. The molecule has 5 rings (SSSR count). The number of aromatic nitrogens is 1. The van der Waals surface area contributed by atoms with Crippen molar-refractivity contribution in [3.63, 3.8) is 0 Å². The van der Waals surface area contributed by atoms with Crippen LogP contribution in [-0.2, 0) is 6.16 Å². The Balaban J connectivity index is 1.68. The van der Waals surface area contributed by atoms with Crippen molar-refractivity contribution in [2.24, 2.45) is 0 Å². The average Bonchev–Trinajstić information content (AvgIpc) is 3.33. The van der Waals surface area contributed by atoms with Crippen LogP contribution >= 0.6 is 18.6 Å². The highest BCUT2D eigenvalue weighted by atomic mass is 32.1. The topological polar surface area (TPSA) is 12.9 Å². The van der Waals surface area contributed by atoms with Gasteiger partial charge in [0.15, 0.2) is 0 Å². The molecule has 31 heavy (non-hydrogen) atoms. The van der Waals surface area contributed by atoms with E-state index in [2.05, 4.69) is 127 Å². The van der Waals surface area contributed by atoms with Gasteiger partial charge in [-0.2, -0.15) is 0 Å². The van der Waals surface area contributed by atoms with Gasteiger partial charge in [0.1, 0.15) is 34.3 Å². The van der Waals surface area contributed by atoms with E-state index < -0.39 is 7.26 Å². The van der Waals surface area contributed by atoms with E-state index in [-0.39, 0.29) is 0 Å². The number of rotatable bonds is 6. The standard InChI is InChI=1S/C28H23NPS/c1-5-13-23(14-6-1)28-29-24(22-31-28)21-30(25-15-7-2-8-16-25,26-17-9-3-10-18-26)27-19-11-4-12-20-27/h1-20,22H,21H2/q+1. The molecule has 0 N–H and O–H groups in total. The number of thiazole rings is 1. The molecule has 0 unspecified atom stereocenters. The minimum atomic E-state index is -1.91. The maximum Gasteiger partial charge on any atom is 0.123 e. The van der Waals surface area contributed by atoms with E-state index >= 15 is 0 Å². The maximum atomic E-state index is 5.09. The van der Waals surface area contributed by atoms with Crippen molar-refractivity contribution in [2.75, 3.05) is 0 Å². The molecule has 5 aromatic rings. The Bertz CT molecular complexity index is 1140. The summed E-state index contributed by atoms with van der Waals surface area (Å²) in [4.78, 5) is 5.09. The number of benzene rings is 4. The summed E-state index contributed by atoms with van der Waals surface area (Å²) in [6.45, 7) is 0. The first-order chi connectivity index (χ1) is 15.4. The van der Waals surface area contributed by atoms with E-state index in [1.54, 1.807) is 11.3 Å². The summed E-state index contributed by atoms with van der Waals surface area (Å²) in [5.41, 5.74) is 2.34. The van der Waals surface area contributed by atoms with Gasteiger partial charge >= 0.3 is 0 Å². The second kappa shape index (κ2) is 8.98. The van der Waals surface area contributed by atoms with Gasteiger partial charge in [-0.25, -0.2) is 4.98 Å². The van der Waals surface area contributed by atoms with Crippen molar-refractivity contribution in [3.05, 3.63) is 132 Å². The molecule has 0 aliphatic carbocycles. The molecule has 1 aromatic heterocycles. The van der Waals surface area contributed by atoms with E-state index in [1.807, 2.05) is 0 Å². The quantitative estimate of drug-likeness (QED) is 0.285. The Kier molecular flexibility index (Phi) is 5.76. The molecule has 0 amide bonds. The average molecular weight is 437 g/mol.